The van der Waals surface area contributed by atoms with Gasteiger partial charge in [0.15, 0.2) is 0 Å². The summed E-state index contributed by atoms with van der Waals surface area (Å²) < 4.78 is 0. The van der Waals surface area contributed by atoms with E-state index < -0.39 is 0 Å². The first-order chi connectivity index (χ1) is 10.5. The van der Waals surface area contributed by atoms with Crippen LogP contribution in [0.5, 0.6) is 0 Å². The molecule has 1 aromatic rings. The Labute approximate surface area is 132 Å². The van der Waals surface area contributed by atoms with Crippen LogP contribution in [-0.4, -0.2) is 38.0 Å². The molecule has 120 valence electrons. The molecule has 0 fully saturated rings. The van der Waals surface area contributed by atoms with E-state index in [9.17, 15) is 9.59 Å². The quantitative estimate of drug-likeness (QED) is 0.830. The molecule has 0 aliphatic carbocycles. The van der Waals surface area contributed by atoms with E-state index in [1.807, 2.05) is 24.1 Å². The molecular formula is C17H25N3O2. The van der Waals surface area contributed by atoms with Crippen LogP contribution in [0.25, 0.3) is 0 Å². The molecule has 0 aromatic heterocycles. The molecule has 1 aliphatic rings. The molecule has 1 heterocycles. The lowest BCUT2D eigenvalue weighted by Gasteiger charge is -2.39. The van der Waals surface area contributed by atoms with Crippen molar-refractivity contribution in [1.29, 1.82) is 0 Å². The van der Waals surface area contributed by atoms with Crippen molar-refractivity contribution < 1.29 is 9.59 Å². The van der Waals surface area contributed by atoms with Gasteiger partial charge in [-0.1, -0.05) is 6.92 Å². The van der Waals surface area contributed by atoms with Crippen molar-refractivity contribution in [2.24, 2.45) is 5.92 Å². The molecule has 2 N–H and O–H groups in total. The zero-order valence-electron chi connectivity index (χ0n) is 13.8. The molecule has 0 saturated heterocycles. The highest BCUT2D eigenvalue weighted by Crippen LogP contribution is 2.34. The lowest BCUT2D eigenvalue weighted by atomic mass is 9.87. The molecule has 0 radical (unpaired) electrons. The SMILES string of the molecule is CNCCNC(=O)c1ccc2c(c1)C[C@@H](C)[C@H](C)N2C(C)=O. The van der Waals surface area contributed by atoms with E-state index in [2.05, 4.69) is 24.5 Å². The molecule has 0 saturated carbocycles. The van der Waals surface area contributed by atoms with Gasteiger partial charge in [-0.3, -0.25) is 9.59 Å². The molecule has 2 rings (SSSR count). The van der Waals surface area contributed by atoms with Crippen molar-refractivity contribution >= 4 is 17.5 Å². The molecular weight excluding hydrogens is 278 g/mol. The maximum atomic E-state index is 12.1. The third kappa shape index (κ3) is 3.30. The average molecular weight is 303 g/mol. The molecule has 0 bridgehead atoms. The molecule has 5 heteroatoms. The van der Waals surface area contributed by atoms with Gasteiger partial charge in [-0.2, -0.15) is 0 Å². The Kier molecular flexibility index (Phi) is 5.19. The number of anilines is 1. The number of hydrogen-bond acceptors (Lipinski definition) is 3. The van der Waals surface area contributed by atoms with Crippen molar-refractivity contribution in [3.63, 3.8) is 0 Å². The van der Waals surface area contributed by atoms with Gasteiger partial charge in [0, 0.05) is 37.3 Å². The lowest BCUT2D eigenvalue weighted by Crippen LogP contribution is -2.45. The number of fused-ring (bicyclic) bond motifs is 1. The van der Waals surface area contributed by atoms with Crippen molar-refractivity contribution in [2.45, 2.75) is 33.2 Å². The van der Waals surface area contributed by atoms with Gasteiger partial charge in [-0.15, -0.1) is 0 Å². The van der Waals surface area contributed by atoms with Crippen molar-refractivity contribution in [3.8, 4) is 0 Å². The number of nitrogens with one attached hydrogen (secondary N) is 2. The van der Waals surface area contributed by atoms with E-state index in [0.29, 0.717) is 18.0 Å². The van der Waals surface area contributed by atoms with Gasteiger partial charge < -0.3 is 15.5 Å². The Hall–Kier alpha value is -1.88. The van der Waals surface area contributed by atoms with Crippen LogP contribution in [0.3, 0.4) is 0 Å². The van der Waals surface area contributed by atoms with Gasteiger partial charge in [0.1, 0.15) is 0 Å². The lowest BCUT2D eigenvalue weighted by molar-refractivity contribution is -0.117. The molecule has 5 nitrogen and oxygen atoms in total. The number of carbonyl (C=O) groups excluding carboxylic acids is 2. The predicted octanol–water partition coefficient (Wildman–Crippen LogP) is 1.57. The van der Waals surface area contributed by atoms with E-state index >= 15 is 0 Å². The van der Waals surface area contributed by atoms with E-state index in [-0.39, 0.29) is 17.9 Å². The zero-order valence-corrected chi connectivity index (χ0v) is 13.8. The largest absolute Gasteiger partial charge is 0.351 e. The third-order valence-corrected chi connectivity index (χ3v) is 4.37. The smallest absolute Gasteiger partial charge is 0.251 e. The summed E-state index contributed by atoms with van der Waals surface area (Å²) in [6.45, 7) is 7.15. The fourth-order valence-corrected chi connectivity index (χ4v) is 2.98. The monoisotopic (exact) mass is 303 g/mol. The summed E-state index contributed by atoms with van der Waals surface area (Å²) in [6.07, 6.45) is 0.887. The summed E-state index contributed by atoms with van der Waals surface area (Å²) >= 11 is 0. The first-order valence-corrected chi connectivity index (χ1v) is 7.81. The Balaban J connectivity index is 2.25. The fourth-order valence-electron chi connectivity index (χ4n) is 2.98. The van der Waals surface area contributed by atoms with Crippen LogP contribution in [0.15, 0.2) is 18.2 Å². The second-order valence-corrected chi connectivity index (χ2v) is 6.01. The van der Waals surface area contributed by atoms with E-state index in [1.165, 1.54) is 0 Å². The maximum Gasteiger partial charge on any atom is 0.251 e. The van der Waals surface area contributed by atoms with Crippen LogP contribution >= 0.6 is 0 Å². The van der Waals surface area contributed by atoms with Crippen LogP contribution in [0, 0.1) is 5.92 Å². The van der Waals surface area contributed by atoms with E-state index in [1.54, 1.807) is 13.0 Å². The minimum Gasteiger partial charge on any atom is -0.351 e. The molecule has 1 aliphatic heterocycles. The van der Waals surface area contributed by atoms with Crippen LogP contribution in [0.4, 0.5) is 5.69 Å². The second kappa shape index (κ2) is 6.92. The van der Waals surface area contributed by atoms with Gasteiger partial charge in [0.25, 0.3) is 5.91 Å². The van der Waals surface area contributed by atoms with Gasteiger partial charge >= 0.3 is 0 Å². The number of carbonyl (C=O) groups is 2. The van der Waals surface area contributed by atoms with Crippen molar-refractivity contribution in [3.05, 3.63) is 29.3 Å². The highest BCUT2D eigenvalue weighted by Gasteiger charge is 2.31. The fraction of sp³-hybridized carbons (Fsp3) is 0.529. The summed E-state index contributed by atoms with van der Waals surface area (Å²) in [7, 11) is 1.85. The molecule has 0 unspecified atom stereocenters. The van der Waals surface area contributed by atoms with Crippen molar-refractivity contribution in [1.82, 2.24) is 10.6 Å². The standard InChI is InChI=1S/C17H25N3O2/c1-11-9-15-10-14(17(22)19-8-7-18-4)5-6-16(15)20(12(11)2)13(3)21/h5-6,10-12,18H,7-9H2,1-4H3,(H,19,22)/t11-,12+/m1/s1. The van der Waals surface area contributed by atoms with Gasteiger partial charge in [-0.05, 0) is 50.1 Å². The van der Waals surface area contributed by atoms with E-state index in [4.69, 9.17) is 0 Å². The van der Waals surface area contributed by atoms with E-state index in [0.717, 1.165) is 24.2 Å². The Bertz CT molecular complexity index is 571. The Morgan fingerprint density at radius 3 is 2.64 bits per heavy atom. The number of hydrogen-bond donors (Lipinski definition) is 2. The molecule has 2 atom stereocenters. The molecule has 22 heavy (non-hydrogen) atoms. The topological polar surface area (TPSA) is 61.4 Å². The van der Waals surface area contributed by atoms with Gasteiger partial charge in [0.05, 0.1) is 0 Å². The number of nitrogens with zero attached hydrogens (tertiary/aromatic N) is 1. The number of rotatable bonds is 4. The Morgan fingerprint density at radius 2 is 2.00 bits per heavy atom. The summed E-state index contributed by atoms with van der Waals surface area (Å²) in [4.78, 5) is 25.9. The number of likely N-dealkylation sites (N-methyl/N-ethyl adjacent to an activating group) is 1. The summed E-state index contributed by atoms with van der Waals surface area (Å²) in [5.41, 5.74) is 2.66. The normalized spacial score (nSPS) is 20.5. The highest BCUT2D eigenvalue weighted by atomic mass is 16.2. The first-order valence-electron chi connectivity index (χ1n) is 7.81. The highest BCUT2D eigenvalue weighted by molar-refractivity contribution is 5.97. The number of amides is 2. The second-order valence-electron chi connectivity index (χ2n) is 6.01. The minimum atomic E-state index is -0.0706. The van der Waals surface area contributed by atoms with Gasteiger partial charge in [-0.25, -0.2) is 0 Å². The van der Waals surface area contributed by atoms with Crippen LogP contribution in [0.2, 0.25) is 0 Å². The minimum absolute atomic E-state index is 0.0477. The van der Waals surface area contributed by atoms with Crippen molar-refractivity contribution in [2.75, 3.05) is 25.0 Å². The summed E-state index contributed by atoms with van der Waals surface area (Å²) in [6, 6.07) is 5.79. The maximum absolute atomic E-state index is 12.1. The molecule has 0 spiro atoms. The third-order valence-electron chi connectivity index (χ3n) is 4.37. The van der Waals surface area contributed by atoms with Crippen LogP contribution < -0.4 is 15.5 Å². The predicted molar refractivity (Wildman–Crippen MR) is 88.2 cm³/mol. The number of benzene rings is 1. The summed E-state index contributed by atoms with van der Waals surface area (Å²) in [5.74, 6) is 0.351. The first kappa shape index (κ1) is 16.5. The average Bonchev–Trinajstić information content (AvgIpc) is 2.47. The molecule has 2 amide bonds. The van der Waals surface area contributed by atoms with Crippen LogP contribution in [0.1, 0.15) is 36.7 Å². The Morgan fingerprint density at radius 1 is 1.27 bits per heavy atom. The summed E-state index contributed by atoms with van der Waals surface area (Å²) in [5, 5.41) is 5.87. The van der Waals surface area contributed by atoms with Gasteiger partial charge in [0.2, 0.25) is 5.91 Å². The zero-order chi connectivity index (χ0) is 16.3. The molecule has 1 aromatic carbocycles. The van der Waals surface area contributed by atoms with Crippen LogP contribution in [-0.2, 0) is 11.2 Å².